The second-order valence-electron chi connectivity index (χ2n) is 3.15. The van der Waals surface area contributed by atoms with Crippen molar-refractivity contribution < 1.29 is 9.59 Å². The van der Waals surface area contributed by atoms with E-state index in [1.54, 1.807) is 24.3 Å². The van der Waals surface area contributed by atoms with Crippen LogP contribution in [0.2, 0.25) is 0 Å². The van der Waals surface area contributed by atoms with Gasteiger partial charge in [0.15, 0.2) is 0 Å². The van der Waals surface area contributed by atoms with Crippen molar-refractivity contribution >= 4 is 11.8 Å². The Morgan fingerprint density at radius 1 is 0.824 bits per heavy atom. The van der Waals surface area contributed by atoms with Gasteiger partial charge in [-0.2, -0.15) is 5.32 Å². The van der Waals surface area contributed by atoms with E-state index in [1.165, 1.54) is 24.5 Å². The van der Waals surface area contributed by atoms with E-state index in [-0.39, 0.29) is 11.4 Å². The molecule has 0 saturated carbocycles. The zero-order valence-corrected chi connectivity index (χ0v) is 8.78. The maximum atomic E-state index is 11.6. The molecule has 1 radical (unpaired) electrons. The largest absolute Gasteiger partial charge is 0.299 e. The van der Waals surface area contributed by atoms with Crippen LogP contribution in [-0.4, -0.2) is 21.8 Å². The van der Waals surface area contributed by atoms with E-state index >= 15 is 0 Å². The van der Waals surface area contributed by atoms with Gasteiger partial charge in [0.25, 0.3) is 11.8 Å². The predicted octanol–water partition coefficient (Wildman–Crippen LogP) is 1.06. The highest BCUT2D eigenvalue weighted by molar-refractivity contribution is 6.08. The van der Waals surface area contributed by atoms with Crippen LogP contribution in [0.5, 0.6) is 0 Å². The van der Waals surface area contributed by atoms with Crippen molar-refractivity contribution in [1.29, 1.82) is 0 Å². The highest BCUT2D eigenvalue weighted by Gasteiger charge is 2.15. The summed E-state index contributed by atoms with van der Waals surface area (Å²) in [7, 11) is 0. The van der Waals surface area contributed by atoms with Gasteiger partial charge in [-0.15, -0.1) is 0 Å². The molecule has 17 heavy (non-hydrogen) atoms. The van der Waals surface area contributed by atoms with E-state index in [9.17, 15) is 9.59 Å². The SMILES string of the molecule is O=C([N]C(=O)c1ccccn1)c1ccccn1. The molecule has 2 amide bonds. The van der Waals surface area contributed by atoms with Gasteiger partial charge >= 0.3 is 0 Å². The summed E-state index contributed by atoms with van der Waals surface area (Å²) in [5.74, 6) is -1.33. The van der Waals surface area contributed by atoms with E-state index < -0.39 is 11.8 Å². The molecular weight excluding hydrogens is 218 g/mol. The lowest BCUT2D eigenvalue weighted by Crippen LogP contribution is -2.24. The standard InChI is InChI=1S/C12H8N3O2/c16-11(9-5-1-3-7-13-9)15-12(17)10-6-2-4-8-14-10/h1-8H. The molecule has 0 aliphatic heterocycles. The van der Waals surface area contributed by atoms with Gasteiger partial charge in [0.1, 0.15) is 11.4 Å². The highest BCUT2D eigenvalue weighted by atomic mass is 16.2. The molecule has 5 heteroatoms. The molecule has 2 rings (SSSR count). The fourth-order valence-corrected chi connectivity index (χ4v) is 1.19. The predicted molar refractivity (Wildman–Crippen MR) is 59.3 cm³/mol. The number of amides is 2. The molecule has 83 valence electrons. The number of hydrogen-bond acceptors (Lipinski definition) is 4. The van der Waals surface area contributed by atoms with Gasteiger partial charge in [-0.3, -0.25) is 19.6 Å². The Balaban J connectivity index is 2.08. The number of imide groups is 1. The molecule has 0 atom stereocenters. The van der Waals surface area contributed by atoms with Crippen LogP contribution in [0.4, 0.5) is 0 Å². The van der Waals surface area contributed by atoms with Crippen LogP contribution in [0.15, 0.2) is 48.8 Å². The van der Waals surface area contributed by atoms with Crippen molar-refractivity contribution in [2.45, 2.75) is 0 Å². The summed E-state index contributed by atoms with van der Waals surface area (Å²) in [5.41, 5.74) is 0.272. The summed E-state index contributed by atoms with van der Waals surface area (Å²) >= 11 is 0. The highest BCUT2D eigenvalue weighted by Crippen LogP contribution is 1.98. The molecule has 0 fully saturated rings. The normalized spacial score (nSPS) is 9.65. The second-order valence-corrected chi connectivity index (χ2v) is 3.15. The fraction of sp³-hybridized carbons (Fsp3) is 0. The molecule has 5 nitrogen and oxygen atoms in total. The summed E-state index contributed by atoms with van der Waals surface area (Å²) in [6.07, 6.45) is 2.93. The first kappa shape index (κ1) is 10.9. The number of carbonyl (C=O) groups is 2. The van der Waals surface area contributed by atoms with E-state index in [2.05, 4.69) is 15.3 Å². The Morgan fingerprint density at radius 2 is 1.29 bits per heavy atom. The minimum Gasteiger partial charge on any atom is -0.265 e. The van der Waals surface area contributed by atoms with Crippen LogP contribution in [0, 0.1) is 0 Å². The lowest BCUT2D eigenvalue weighted by atomic mass is 10.3. The average Bonchev–Trinajstić information content (AvgIpc) is 2.40. The molecule has 2 aromatic heterocycles. The molecule has 2 aromatic rings. The Morgan fingerprint density at radius 3 is 1.65 bits per heavy atom. The summed E-state index contributed by atoms with van der Waals surface area (Å²) < 4.78 is 0. The Hall–Kier alpha value is -2.56. The van der Waals surface area contributed by atoms with Gasteiger partial charge in [-0.05, 0) is 24.3 Å². The van der Waals surface area contributed by atoms with Gasteiger partial charge < -0.3 is 0 Å². The van der Waals surface area contributed by atoms with Gasteiger partial charge in [-0.1, -0.05) is 12.1 Å². The van der Waals surface area contributed by atoms with Crippen molar-refractivity contribution in [2.24, 2.45) is 0 Å². The van der Waals surface area contributed by atoms with Crippen LogP contribution < -0.4 is 5.32 Å². The Kier molecular flexibility index (Phi) is 3.20. The second kappa shape index (κ2) is 4.98. The monoisotopic (exact) mass is 226 g/mol. The summed E-state index contributed by atoms with van der Waals surface area (Å²) in [5, 5.41) is 3.41. The van der Waals surface area contributed by atoms with Gasteiger partial charge in [-0.25, -0.2) is 0 Å². The minimum absolute atomic E-state index is 0.136. The molecule has 0 saturated heterocycles. The van der Waals surface area contributed by atoms with Crippen molar-refractivity contribution in [3.05, 3.63) is 60.2 Å². The molecule has 0 N–H and O–H groups in total. The Bertz CT molecular complexity index is 476. The number of hydrogen-bond donors (Lipinski definition) is 0. The van der Waals surface area contributed by atoms with Crippen molar-refractivity contribution in [2.75, 3.05) is 0 Å². The van der Waals surface area contributed by atoms with E-state index in [0.717, 1.165) is 0 Å². The minimum atomic E-state index is -0.666. The quantitative estimate of drug-likeness (QED) is 0.717. The lowest BCUT2D eigenvalue weighted by Gasteiger charge is -1.99. The lowest BCUT2D eigenvalue weighted by molar-refractivity contribution is 0.0837. The third-order valence-corrected chi connectivity index (χ3v) is 1.97. The van der Waals surface area contributed by atoms with Gasteiger partial charge in [0.05, 0.1) is 0 Å². The van der Waals surface area contributed by atoms with Gasteiger partial charge in [0.2, 0.25) is 0 Å². The number of rotatable bonds is 2. The van der Waals surface area contributed by atoms with Crippen molar-refractivity contribution in [3.63, 3.8) is 0 Å². The van der Waals surface area contributed by atoms with Crippen molar-refractivity contribution in [1.82, 2.24) is 15.3 Å². The molecule has 0 aliphatic carbocycles. The number of nitrogens with zero attached hydrogens (tertiary/aromatic N) is 3. The smallest absolute Gasteiger partial charge is 0.265 e. The summed E-state index contributed by atoms with van der Waals surface area (Å²) in [6.45, 7) is 0. The first-order valence-electron chi connectivity index (χ1n) is 4.90. The Labute approximate surface area is 97.5 Å². The summed E-state index contributed by atoms with van der Waals surface area (Å²) in [6, 6.07) is 9.66. The van der Waals surface area contributed by atoms with Crippen molar-refractivity contribution in [3.8, 4) is 0 Å². The number of pyridine rings is 2. The third kappa shape index (κ3) is 2.72. The zero-order valence-electron chi connectivity index (χ0n) is 8.78. The van der Waals surface area contributed by atoms with Crippen LogP contribution in [0.1, 0.15) is 21.0 Å². The fourth-order valence-electron chi connectivity index (χ4n) is 1.19. The summed E-state index contributed by atoms with van der Waals surface area (Å²) in [4.78, 5) is 30.7. The first-order valence-corrected chi connectivity index (χ1v) is 4.90. The van der Waals surface area contributed by atoms with E-state index in [4.69, 9.17) is 0 Å². The molecular formula is C12H8N3O2. The van der Waals surface area contributed by atoms with E-state index in [0.29, 0.717) is 0 Å². The third-order valence-electron chi connectivity index (χ3n) is 1.97. The van der Waals surface area contributed by atoms with Crippen LogP contribution in [-0.2, 0) is 0 Å². The molecule has 0 unspecified atom stereocenters. The zero-order chi connectivity index (χ0) is 12.1. The van der Waals surface area contributed by atoms with E-state index in [1.807, 2.05) is 0 Å². The van der Waals surface area contributed by atoms with Crippen LogP contribution in [0.3, 0.4) is 0 Å². The molecule has 2 heterocycles. The van der Waals surface area contributed by atoms with Gasteiger partial charge in [0, 0.05) is 12.4 Å². The first-order chi connectivity index (χ1) is 8.27. The van der Waals surface area contributed by atoms with Crippen LogP contribution in [0.25, 0.3) is 0 Å². The molecule has 0 aromatic carbocycles. The maximum Gasteiger partial charge on any atom is 0.299 e. The number of carbonyl (C=O) groups excluding carboxylic acids is 2. The van der Waals surface area contributed by atoms with Crippen LogP contribution >= 0.6 is 0 Å². The number of aromatic nitrogens is 2. The maximum absolute atomic E-state index is 11.6. The molecule has 0 spiro atoms. The average molecular weight is 226 g/mol. The molecule has 0 aliphatic rings. The molecule has 0 bridgehead atoms. The topological polar surface area (TPSA) is 74.0 Å².